The number of fused-ring (bicyclic) bond motifs is 1. The Kier molecular flexibility index (Phi) is 4.75. The van der Waals surface area contributed by atoms with Crippen molar-refractivity contribution in [2.45, 2.75) is 13.5 Å². The van der Waals surface area contributed by atoms with E-state index in [4.69, 9.17) is 0 Å². The predicted octanol–water partition coefficient (Wildman–Crippen LogP) is 2.89. The molecule has 0 atom stereocenters. The number of hydrogen-bond donors (Lipinski definition) is 0. The summed E-state index contributed by atoms with van der Waals surface area (Å²) in [5.41, 5.74) is 2.16. The Hall–Kier alpha value is -3.32. The summed E-state index contributed by atoms with van der Waals surface area (Å²) in [5, 5.41) is 0.485. The summed E-state index contributed by atoms with van der Waals surface area (Å²) in [7, 11) is 1.65. The normalized spacial score (nSPS) is 11.9. The standard InChI is InChI=1S/C21H18N4O2S/c1-14-17-20(22-13-24(2)21(17)27)28-18(14)19(26)23-16-10-6-7-11-25(16)12-15-8-4-3-5-9-15/h3-11,13H,12H2,1-2H3. The van der Waals surface area contributed by atoms with E-state index >= 15 is 0 Å². The fraction of sp³-hybridized carbons (Fsp3) is 0.143. The molecular formula is C21H18N4O2S. The van der Waals surface area contributed by atoms with Crippen molar-refractivity contribution in [2.24, 2.45) is 12.0 Å². The van der Waals surface area contributed by atoms with Crippen LogP contribution in [0.3, 0.4) is 0 Å². The van der Waals surface area contributed by atoms with Gasteiger partial charge >= 0.3 is 0 Å². The van der Waals surface area contributed by atoms with Gasteiger partial charge in [0.15, 0.2) is 0 Å². The monoisotopic (exact) mass is 390 g/mol. The van der Waals surface area contributed by atoms with Crippen molar-refractivity contribution < 1.29 is 4.79 Å². The quantitative estimate of drug-likeness (QED) is 0.540. The van der Waals surface area contributed by atoms with Gasteiger partial charge in [0, 0.05) is 19.8 Å². The first-order valence-electron chi connectivity index (χ1n) is 8.78. The van der Waals surface area contributed by atoms with Crippen LogP contribution in [0.2, 0.25) is 0 Å². The molecular weight excluding hydrogens is 372 g/mol. The fourth-order valence-corrected chi connectivity index (χ4v) is 4.07. The van der Waals surface area contributed by atoms with Crippen LogP contribution in [0.25, 0.3) is 10.2 Å². The van der Waals surface area contributed by atoms with Gasteiger partial charge < -0.3 is 9.13 Å². The number of carbonyl (C=O) groups is 1. The summed E-state index contributed by atoms with van der Waals surface area (Å²) in [4.78, 5) is 34.9. The number of thiophene rings is 1. The predicted molar refractivity (Wildman–Crippen MR) is 109 cm³/mol. The van der Waals surface area contributed by atoms with Crippen LogP contribution >= 0.6 is 11.3 Å². The number of nitrogens with zero attached hydrogens (tertiary/aromatic N) is 4. The number of aryl methyl sites for hydroxylation is 2. The van der Waals surface area contributed by atoms with Crippen LogP contribution in [0.1, 0.15) is 20.8 Å². The largest absolute Gasteiger partial charge is 0.328 e. The molecule has 0 aliphatic carbocycles. The molecule has 0 saturated carbocycles. The molecule has 0 bridgehead atoms. The summed E-state index contributed by atoms with van der Waals surface area (Å²) in [6.45, 7) is 2.38. The zero-order chi connectivity index (χ0) is 19.7. The average molecular weight is 390 g/mol. The molecule has 4 rings (SSSR count). The highest BCUT2D eigenvalue weighted by Gasteiger charge is 2.18. The molecule has 28 heavy (non-hydrogen) atoms. The van der Waals surface area contributed by atoms with E-state index in [-0.39, 0.29) is 11.5 Å². The van der Waals surface area contributed by atoms with Gasteiger partial charge in [-0.2, -0.15) is 4.99 Å². The van der Waals surface area contributed by atoms with Crippen LogP contribution in [0.15, 0.2) is 70.8 Å². The molecule has 7 heteroatoms. The lowest BCUT2D eigenvalue weighted by molar-refractivity contribution is 0.100. The number of amides is 1. The Labute approximate surface area is 165 Å². The van der Waals surface area contributed by atoms with Crippen molar-refractivity contribution >= 4 is 27.5 Å². The van der Waals surface area contributed by atoms with Gasteiger partial charge in [-0.05, 0) is 30.2 Å². The van der Waals surface area contributed by atoms with Crippen molar-refractivity contribution in [2.75, 3.05) is 0 Å². The maximum Gasteiger partial charge on any atom is 0.289 e. The molecule has 4 aromatic rings. The van der Waals surface area contributed by atoms with E-state index < -0.39 is 0 Å². The van der Waals surface area contributed by atoms with Gasteiger partial charge in [0.2, 0.25) is 0 Å². The highest BCUT2D eigenvalue weighted by atomic mass is 32.1. The Balaban J connectivity index is 1.78. The summed E-state index contributed by atoms with van der Waals surface area (Å²) < 4.78 is 3.34. The molecule has 3 aromatic heterocycles. The van der Waals surface area contributed by atoms with Crippen LogP contribution in [-0.4, -0.2) is 20.0 Å². The minimum absolute atomic E-state index is 0.156. The molecule has 0 N–H and O–H groups in total. The van der Waals surface area contributed by atoms with Gasteiger partial charge in [0.05, 0.1) is 11.7 Å². The Morgan fingerprint density at radius 1 is 1.14 bits per heavy atom. The maximum absolute atomic E-state index is 12.9. The van der Waals surface area contributed by atoms with E-state index in [9.17, 15) is 9.59 Å². The molecule has 0 aliphatic rings. The van der Waals surface area contributed by atoms with E-state index in [0.29, 0.717) is 32.7 Å². The Morgan fingerprint density at radius 2 is 1.89 bits per heavy atom. The van der Waals surface area contributed by atoms with Crippen molar-refractivity contribution in [3.8, 4) is 0 Å². The molecule has 6 nitrogen and oxygen atoms in total. The Bertz CT molecular complexity index is 1300. The maximum atomic E-state index is 12.9. The molecule has 0 aliphatic heterocycles. The molecule has 0 radical (unpaired) electrons. The fourth-order valence-electron chi connectivity index (χ4n) is 3.05. The first-order chi connectivity index (χ1) is 13.5. The highest BCUT2D eigenvalue weighted by molar-refractivity contribution is 7.20. The summed E-state index contributed by atoms with van der Waals surface area (Å²) in [6, 6.07) is 15.6. The van der Waals surface area contributed by atoms with Gasteiger partial charge in [-0.1, -0.05) is 36.4 Å². The molecule has 0 spiro atoms. The van der Waals surface area contributed by atoms with E-state index in [0.717, 1.165) is 5.56 Å². The number of hydrogen-bond acceptors (Lipinski definition) is 4. The highest BCUT2D eigenvalue weighted by Crippen LogP contribution is 2.27. The van der Waals surface area contributed by atoms with E-state index in [2.05, 4.69) is 9.98 Å². The molecule has 3 heterocycles. The Morgan fingerprint density at radius 3 is 2.68 bits per heavy atom. The van der Waals surface area contributed by atoms with Crippen molar-refractivity contribution in [1.82, 2.24) is 14.1 Å². The third-order valence-electron chi connectivity index (χ3n) is 4.53. The molecule has 140 valence electrons. The van der Waals surface area contributed by atoms with E-state index in [1.165, 1.54) is 22.2 Å². The second-order valence-corrected chi connectivity index (χ2v) is 7.49. The zero-order valence-electron chi connectivity index (χ0n) is 15.5. The minimum atomic E-state index is -0.365. The number of aromatic nitrogens is 3. The number of benzene rings is 1. The topological polar surface area (TPSA) is 69.2 Å². The summed E-state index contributed by atoms with van der Waals surface area (Å²) >= 11 is 1.21. The summed E-state index contributed by atoms with van der Waals surface area (Å²) in [5.74, 6) is -0.365. The number of pyridine rings is 1. The zero-order valence-corrected chi connectivity index (χ0v) is 16.3. The SMILES string of the molecule is Cc1c(C(=O)N=c2ccccn2Cc2ccccc2)sc2ncn(C)c(=O)c12. The average Bonchev–Trinajstić information content (AvgIpc) is 3.04. The number of rotatable bonds is 3. The number of carbonyl (C=O) groups excluding carboxylic acids is 1. The molecule has 0 unspecified atom stereocenters. The van der Waals surface area contributed by atoms with Crippen LogP contribution in [0.5, 0.6) is 0 Å². The molecule has 0 saturated heterocycles. The van der Waals surface area contributed by atoms with Crippen LogP contribution in [0.4, 0.5) is 0 Å². The molecule has 1 aromatic carbocycles. The van der Waals surface area contributed by atoms with Gasteiger partial charge in [-0.3, -0.25) is 9.59 Å². The second kappa shape index (κ2) is 7.36. The summed E-state index contributed by atoms with van der Waals surface area (Å²) in [6.07, 6.45) is 3.37. The van der Waals surface area contributed by atoms with Crippen LogP contribution < -0.4 is 11.0 Å². The van der Waals surface area contributed by atoms with E-state index in [1.54, 1.807) is 20.0 Å². The van der Waals surface area contributed by atoms with Crippen molar-refractivity contribution in [1.29, 1.82) is 0 Å². The smallest absolute Gasteiger partial charge is 0.289 e. The first-order valence-corrected chi connectivity index (χ1v) is 9.59. The van der Waals surface area contributed by atoms with Gasteiger partial charge in [-0.15, -0.1) is 11.3 Å². The van der Waals surface area contributed by atoms with Crippen LogP contribution in [-0.2, 0) is 13.6 Å². The lowest BCUT2D eigenvalue weighted by Gasteiger charge is -2.07. The van der Waals surface area contributed by atoms with Crippen molar-refractivity contribution in [3.63, 3.8) is 0 Å². The minimum Gasteiger partial charge on any atom is -0.328 e. The van der Waals surface area contributed by atoms with Gasteiger partial charge in [0.25, 0.3) is 11.5 Å². The third kappa shape index (κ3) is 3.32. The van der Waals surface area contributed by atoms with Crippen LogP contribution in [0, 0.1) is 6.92 Å². The second-order valence-electron chi connectivity index (χ2n) is 6.49. The third-order valence-corrected chi connectivity index (χ3v) is 5.72. The van der Waals surface area contributed by atoms with Crippen molar-refractivity contribution in [3.05, 3.63) is 92.9 Å². The van der Waals surface area contributed by atoms with Gasteiger partial charge in [-0.25, -0.2) is 4.98 Å². The van der Waals surface area contributed by atoms with E-state index in [1.807, 2.05) is 53.2 Å². The molecule has 1 amide bonds. The lowest BCUT2D eigenvalue weighted by atomic mass is 10.2. The van der Waals surface area contributed by atoms with Gasteiger partial charge in [0.1, 0.15) is 15.2 Å². The first kappa shape index (κ1) is 18.1. The lowest BCUT2D eigenvalue weighted by Crippen LogP contribution is -2.22. The molecule has 0 fully saturated rings.